The molecular weight excluding hydrogens is 359 g/mol. The number of nitrogens with zero attached hydrogens (tertiary/aromatic N) is 3. The van der Waals surface area contributed by atoms with Crippen molar-refractivity contribution in [1.82, 2.24) is 15.2 Å². The van der Waals surface area contributed by atoms with Crippen molar-refractivity contribution >= 4 is 33.7 Å². The Bertz CT molecular complexity index is 844. The van der Waals surface area contributed by atoms with E-state index in [0.29, 0.717) is 11.6 Å². The van der Waals surface area contributed by atoms with Gasteiger partial charge in [0.2, 0.25) is 11.0 Å². The molecule has 130 valence electrons. The van der Waals surface area contributed by atoms with Gasteiger partial charge in [0.25, 0.3) is 0 Å². The number of anilines is 1. The molecule has 1 aromatic carbocycles. The molecule has 0 aliphatic rings. The molecule has 25 heavy (non-hydrogen) atoms. The van der Waals surface area contributed by atoms with E-state index >= 15 is 0 Å². The molecule has 2 aromatic heterocycles. The van der Waals surface area contributed by atoms with Gasteiger partial charge in [0.1, 0.15) is 10.8 Å². The molecule has 1 amide bonds. The second-order valence-corrected chi connectivity index (χ2v) is 7.52. The van der Waals surface area contributed by atoms with E-state index in [2.05, 4.69) is 27.4 Å². The number of rotatable bonds is 7. The molecule has 0 radical (unpaired) electrons. The Hall–Kier alpha value is -2.19. The van der Waals surface area contributed by atoms with Gasteiger partial charge in [0.15, 0.2) is 0 Å². The molecule has 0 aliphatic heterocycles. The highest BCUT2D eigenvalue weighted by Gasteiger charge is 2.11. The van der Waals surface area contributed by atoms with E-state index in [1.54, 1.807) is 12.1 Å². The summed E-state index contributed by atoms with van der Waals surface area (Å²) >= 11 is 2.90. The number of hydrogen-bond acceptors (Lipinski definition) is 6. The molecule has 0 fully saturated rings. The van der Waals surface area contributed by atoms with Crippen molar-refractivity contribution < 1.29 is 9.18 Å². The van der Waals surface area contributed by atoms with Crippen molar-refractivity contribution in [2.24, 2.45) is 0 Å². The molecule has 0 bridgehead atoms. The van der Waals surface area contributed by atoms with Crippen molar-refractivity contribution in [2.75, 3.05) is 5.32 Å². The first-order chi connectivity index (χ1) is 12.1. The fourth-order valence-electron chi connectivity index (χ4n) is 2.24. The van der Waals surface area contributed by atoms with E-state index in [1.165, 1.54) is 34.8 Å². The number of nitrogens with one attached hydrogen (secondary N) is 1. The summed E-state index contributed by atoms with van der Waals surface area (Å²) in [6.45, 7) is 2.07. The Morgan fingerprint density at radius 2 is 2.00 bits per heavy atom. The number of halogens is 1. The Labute approximate surface area is 153 Å². The molecule has 0 saturated heterocycles. The Balaban J connectivity index is 1.54. The third-order valence-electron chi connectivity index (χ3n) is 3.39. The number of aryl methyl sites for hydroxylation is 1. The van der Waals surface area contributed by atoms with E-state index in [4.69, 9.17) is 0 Å². The molecule has 0 atom stereocenters. The number of thiazole rings is 1. The van der Waals surface area contributed by atoms with Gasteiger partial charge in [-0.1, -0.05) is 30.4 Å². The Morgan fingerprint density at radius 1 is 1.20 bits per heavy atom. The van der Waals surface area contributed by atoms with Crippen LogP contribution in [-0.4, -0.2) is 21.1 Å². The summed E-state index contributed by atoms with van der Waals surface area (Å²) in [7, 11) is 0. The van der Waals surface area contributed by atoms with E-state index < -0.39 is 0 Å². The minimum absolute atomic E-state index is 0.155. The highest BCUT2D eigenvalue weighted by molar-refractivity contribution is 7.15. The number of aromatic nitrogens is 3. The quantitative estimate of drug-likeness (QED) is 0.680. The SMILES string of the molecule is CCCc1nnc(NC(=O)Cc2csc(Cc3ccc(F)cc3)n2)s1. The number of benzene rings is 1. The molecule has 3 rings (SSSR count). The first kappa shape index (κ1) is 17.6. The lowest BCUT2D eigenvalue weighted by molar-refractivity contribution is -0.115. The van der Waals surface area contributed by atoms with E-state index in [1.807, 2.05) is 5.38 Å². The molecule has 0 unspecified atom stereocenters. The monoisotopic (exact) mass is 376 g/mol. The molecular formula is C17H17FN4OS2. The van der Waals surface area contributed by atoms with Gasteiger partial charge >= 0.3 is 0 Å². The Kier molecular flexibility index (Phi) is 5.83. The summed E-state index contributed by atoms with van der Waals surface area (Å²) in [5.41, 5.74) is 1.71. The number of carbonyl (C=O) groups is 1. The summed E-state index contributed by atoms with van der Waals surface area (Å²) in [6.07, 6.45) is 2.69. The van der Waals surface area contributed by atoms with Crippen LogP contribution in [0.25, 0.3) is 0 Å². The van der Waals surface area contributed by atoms with Gasteiger partial charge < -0.3 is 5.32 Å². The summed E-state index contributed by atoms with van der Waals surface area (Å²) < 4.78 is 12.9. The maximum Gasteiger partial charge on any atom is 0.232 e. The standard InChI is InChI=1S/C17H17FN4OS2/c1-2-3-15-21-22-17(25-15)20-14(23)9-13-10-24-16(19-13)8-11-4-6-12(18)7-5-11/h4-7,10H,2-3,8-9H2,1H3,(H,20,22,23). The molecule has 0 spiro atoms. The second kappa shape index (κ2) is 8.26. The zero-order chi connectivity index (χ0) is 17.6. The molecule has 5 nitrogen and oxygen atoms in total. The predicted molar refractivity (Wildman–Crippen MR) is 97.6 cm³/mol. The van der Waals surface area contributed by atoms with E-state index in [9.17, 15) is 9.18 Å². The van der Waals surface area contributed by atoms with Crippen LogP contribution in [0.1, 0.15) is 34.6 Å². The summed E-state index contributed by atoms with van der Waals surface area (Å²) in [4.78, 5) is 16.6. The largest absolute Gasteiger partial charge is 0.300 e. The fraction of sp³-hybridized carbons (Fsp3) is 0.294. The summed E-state index contributed by atoms with van der Waals surface area (Å²) in [5.74, 6) is -0.406. The van der Waals surface area contributed by atoms with Gasteiger partial charge in [-0.2, -0.15) is 0 Å². The van der Waals surface area contributed by atoms with Gasteiger partial charge in [-0.05, 0) is 24.1 Å². The molecule has 2 heterocycles. The smallest absolute Gasteiger partial charge is 0.232 e. The van der Waals surface area contributed by atoms with Crippen LogP contribution >= 0.6 is 22.7 Å². The van der Waals surface area contributed by atoms with Crippen LogP contribution in [0, 0.1) is 5.82 Å². The summed E-state index contributed by atoms with van der Waals surface area (Å²) in [6, 6.07) is 6.36. The Morgan fingerprint density at radius 3 is 2.76 bits per heavy atom. The van der Waals surface area contributed by atoms with E-state index in [0.717, 1.165) is 34.1 Å². The average Bonchev–Trinajstić information content (AvgIpc) is 3.20. The summed E-state index contributed by atoms with van der Waals surface area (Å²) in [5, 5.41) is 15.0. The van der Waals surface area contributed by atoms with Crippen molar-refractivity contribution in [3.05, 3.63) is 56.7 Å². The van der Waals surface area contributed by atoms with Crippen LogP contribution < -0.4 is 5.32 Å². The topological polar surface area (TPSA) is 67.8 Å². The van der Waals surface area contributed by atoms with Crippen molar-refractivity contribution in [2.45, 2.75) is 32.6 Å². The van der Waals surface area contributed by atoms with Gasteiger partial charge in [-0.15, -0.1) is 21.5 Å². The normalized spacial score (nSPS) is 10.8. The van der Waals surface area contributed by atoms with Crippen LogP contribution in [0.4, 0.5) is 9.52 Å². The van der Waals surface area contributed by atoms with Gasteiger partial charge in [-0.25, -0.2) is 9.37 Å². The van der Waals surface area contributed by atoms with Crippen LogP contribution in [0.3, 0.4) is 0 Å². The number of carbonyl (C=O) groups excluding carboxylic acids is 1. The third-order valence-corrected chi connectivity index (χ3v) is 5.18. The zero-order valence-electron chi connectivity index (χ0n) is 13.7. The minimum atomic E-state index is -0.251. The van der Waals surface area contributed by atoms with Crippen molar-refractivity contribution in [1.29, 1.82) is 0 Å². The van der Waals surface area contributed by atoms with Gasteiger partial charge in [-0.3, -0.25) is 4.79 Å². The van der Waals surface area contributed by atoms with Gasteiger partial charge in [0.05, 0.1) is 17.1 Å². The molecule has 3 aromatic rings. The second-order valence-electron chi connectivity index (χ2n) is 5.51. The van der Waals surface area contributed by atoms with Crippen LogP contribution in [0.5, 0.6) is 0 Å². The van der Waals surface area contributed by atoms with Gasteiger partial charge in [0, 0.05) is 18.2 Å². The number of hydrogen-bond donors (Lipinski definition) is 1. The third kappa shape index (κ3) is 5.14. The molecule has 8 heteroatoms. The molecule has 0 saturated carbocycles. The highest BCUT2D eigenvalue weighted by atomic mass is 32.1. The van der Waals surface area contributed by atoms with Crippen molar-refractivity contribution in [3.63, 3.8) is 0 Å². The number of amides is 1. The van der Waals surface area contributed by atoms with Crippen molar-refractivity contribution in [3.8, 4) is 0 Å². The molecule has 0 aliphatic carbocycles. The lowest BCUT2D eigenvalue weighted by Gasteiger charge is -1.99. The lowest BCUT2D eigenvalue weighted by atomic mass is 10.1. The van der Waals surface area contributed by atoms with Crippen LogP contribution in [-0.2, 0) is 24.1 Å². The maximum absolute atomic E-state index is 12.9. The zero-order valence-corrected chi connectivity index (χ0v) is 15.3. The van der Waals surface area contributed by atoms with E-state index in [-0.39, 0.29) is 18.1 Å². The van der Waals surface area contributed by atoms with Crippen LogP contribution in [0.15, 0.2) is 29.6 Å². The first-order valence-electron chi connectivity index (χ1n) is 7.92. The highest BCUT2D eigenvalue weighted by Crippen LogP contribution is 2.18. The predicted octanol–water partition coefficient (Wildman–Crippen LogP) is 3.86. The van der Waals surface area contributed by atoms with Crippen LogP contribution in [0.2, 0.25) is 0 Å². The fourth-order valence-corrected chi connectivity index (χ4v) is 3.92. The lowest BCUT2D eigenvalue weighted by Crippen LogP contribution is -2.14. The maximum atomic E-state index is 12.9. The molecule has 1 N–H and O–H groups in total. The first-order valence-corrected chi connectivity index (χ1v) is 9.62. The average molecular weight is 376 g/mol. The minimum Gasteiger partial charge on any atom is -0.300 e.